The first-order valence-corrected chi connectivity index (χ1v) is 4.96. The topological polar surface area (TPSA) is 12.0 Å². The monoisotopic (exact) mass is 245 g/mol. The molecule has 0 aromatic heterocycles. The molecule has 1 N–H and O–H groups in total. The zero-order chi connectivity index (χ0) is 10.0. The third-order valence-corrected chi connectivity index (χ3v) is 3.08. The highest BCUT2D eigenvalue weighted by Gasteiger charge is 2.10. The number of halogens is 2. The summed E-state index contributed by atoms with van der Waals surface area (Å²) in [6.45, 7) is 4.40. The molecule has 1 rings (SSSR count). The van der Waals surface area contributed by atoms with E-state index in [9.17, 15) is 4.39 Å². The molecule has 1 nitrogen and oxygen atoms in total. The van der Waals surface area contributed by atoms with Crippen molar-refractivity contribution in [1.82, 2.24) is 5.32 Å². The Morgan fingerprint density at radius 1 is 1.46 bits per heavy atom. The zero-order valence-electron chi connectivity index (χ0n) is 8.04. The molecule has 0 aliphatic heterocycles. The highest BCUT2D eigenvalue weighted by molar-refractivity contribution is 9.10. The van der Waals surface area contributed by atoms with E-state index in [1.54, 1.807) is 6.92 Å². The van der Waals surface area contributed by atoms with Crippen LogP contribution in [0.5, 0.6) is 0 Å². The quantitative estimate of drug-likeness (QED) is 0.845. The Bertz CT molecular complexity index is 323. The minimum absolute atomic E-state index is 0.148. The number of hydrogen-bond acceptors (Lipinski definition) is 1. The Hall–Kier alpha value is -0.410. The lowest BCUT2D eigenvalue weighted by molar-refractivity contribution is 0.605. The van der Waals surface area contributed by atoms with E-state index in [1.165, 1.54) is 0 Å². The first kappa shape index (κ1) is 10.7. The van der Waals surface area contributed by atoms with E-state index in [0.717, 1.165) is 11.1 Å². The highest BCUT2D eigenvalue weighted by Crippen LogP contribution is 2.25. The van der Waals surface area contributed by atoms with Gasteiger partial charge in [-0.3, -0.25) is 0 Å². The molecule has 0 radical (unpaired) electrons. The van der Waals surface area contributed by atoms with Crippen LogP contribution in [0.4, 0.5) is 4.39 Å². The van der Waals surface area contributed by atoms with E-state index in [4.69, 9.17) is 0 Å². The van der Waals surface area contributed by atoms with Crippen LogP contribution >= 0.6 is 15.9 Å². The molecule has 13 heavy (non-hydrogen) atoms. The van der Waals surface area contributed by atoms with Crippen LogP contribution in [-0.2, 0) is 6.54 Å². The van der Waals surface area contributed by atoms with Gasteiger partial charge < -0.3 is 5.32 Å². The molecule has 1 aromatic rings. The number of nitrogens with one attached hydrogen (secondary N) is 1. The molecule has 0 spiro atoms. The Morgan fingerprint density at radius 3 is 2.62 bits per heavy atom. The maximum absolute atomic E-state index is 13.5. The van der Waals surface area contributed by atoms with Crippen LogP contribution in [0.1, 0.15) is 16.7 Å². The van der Waals surface area contributed by atoms with Crippen LogP contribution in [0.3, 0.4) is 0 Å². The van der Waals surface area contributed by atoms with Crippen LogP contribution in [0.15, 0.2) is 10.5 Å². The molecule has 3 heteroatoms. The Kier molecular flexibility index (Phi) is 3.45. The molecule has 0 atom stereocenters. The zero-order valence-corrected chi connectivity index (χ0v) is 9.63. The minimum Gasteiger partial charge on any atom is -0.316 e. The van der Waals surface area contributed by atoms with Gasteiger partial charge in [0, 0.05) is 6.54 Å². The smallest absolute Gasteiger partial charge is 0.140 e. The van der Waals surface area contributed by atoms with Crippen molar-refractivity contribution in [3.63, 3.8) is 0 Å². The van der Waals surface area contributed by atoms with Crippen LogP contribution in [0, 0.1) is 19.7 Å². The van der Waals surface area contributed by atoms with Gasteiger partial charge in [0.15, 0.2) is 0 Å². The van der Waals surface area contributed by atoms with Gasteiger partial charge in [0.1, 0.15) is 5.82 Å². The van der Waals surface area contributed by atoms with E-state index in [2.05, 4.69) is 21.2 Å². The molecule has 0 aliphatic carbocycles. The Labute approximate surface area is 86.5 Å². The van der Waals surface area contributed by atoms with Crippen molar-refractivity contribution in [3.8, 4) is 0 Å². The maximum atomic E-state index is 13.5. The summed E-state index contributed by atoms with van der Waals surface area (Å²) >= 11 is 3.22. The number of benzene rings is 1. The average Bonchev–Trinajstić information content (AvgIpc) is 2.11. The second kappa shape index (κ2) is 4.20. The van der Waals surface area contributed by atoms with Gasteiger partial charge in [-0.25, -0.2) is 4.39 Å². The second-order valence-electron chi connectivity index (χ2n) is 3.14. The van der Waals surface area contributed by atoms with Gasteiger partial charge in [0.05, 0.1) is 4.47 Å². The third kappa shape index (κ3) is 2.09. The molecule has 0 saturated heterocycles. The summed E-state index contributed by atoms with van der Waals surface area (Å²) in [6, 6.07) is 2.00. The lowest BCUT2D eigenvalue weighted by atomic mass is 10.1. The van der Waals surface area contributed by atoms with Crippen molar-refractivity contribution in [2.45, 2.75) is 20.4 Å². The van der Waals surface area contributed by atoms with Gasteiger partial charge in [0.2, 0.25) is 0 Å². The van der Waals surface area contributed by atoms with E-state index in [-0.39, 0.29) is 5.82 Å². The number of rotatable bonds is 2. The summed E-state index contributed by atoms with van der Waals surface area (Å²) in [6.07, 6.45) is 0. The Morgan fingerprint density at radius 2 is 2.08 bits per heavy atom. The Balaban J connectivity index is 3.24. The van der Waals surface area contributed by atoms with Crippen LogP contribution in [0.2, 0.25) is 0 Å². The predicted molar refractivity (Wildman–Crippen MR) is 56.3 cm³/mol. The first-order valence-electron chi connectivity index (χ1n) is 4.16. The molecule has 0 aliphatic rings. The fourth-order valence-electron chi connectivity index (χ4n) is 1.29. The summed E-state index contributed by atoms with van der Waals surface area (Å²) < 4.78 is 14.1. The summed E-state index contributed by atoms with van der Waals surface area (Å²) in [5.41, 5.74) is 2.67. The minimum atomic E-state index is -0.148. The molecule has 0 amide bonds. The van der Waals surface area contributed by atoms with Gasteiger partial charge in [-0.15, -0.1) is 0 Å². The second-order valence-corrected chi connectivity index (χ2v) is 3.93. The van der Waals surface area contributed by atoms with Gasteiger partial charge in [-0.05, 0) is 53.5 Å². The molecule has 0 saturated carbocycles. The molecule has 1 aromatic carbocycles. The summed E-state index contributed by atoms with van der Waals surface area (Å²) in [5, 5.41) is 3.02. The standard InChI is InChI=1S/C10H13BrFN/c1-6-4-8(5-13-3)7(2)10(12)9(6)11/h4,13H,5H2,1-3H3. The van der Waals surface area contributed by atoms with Crippen molar-refractivity contribution >= 4 is 15.9 Å². The molecule has 0 fully saturated rings. The van der Waals surface area contributed by atoms with Gasteiger partial charge in [-0.2, -0.15) is 0 Å². The van der Waals surface area contributed by atoms with Gasteiger partial charge in [0.25, 0.3) is 0 Å². The highest BCUT2D eigenvalue weighted by atomic mass is 79.9. The first-order chi connectivity index (χ1) is 6.07. The normalized spacial score (nSPS) is 10.5. The van der Waals surface area contributed by atoms with Gasteiger partial charge in [-0.1, -0.05) is 6.07 Å². The molecular formula is C10H13BrFN. The maximum Gasteiger partial charge on any atom is 0.140 e. The van der Waals surface area contributed by atoms with Crippen LogP contribution in [0.25, 0.3) is 0 Å². The SMILES string of the molecule is CNCc1cc(C)c(Br)c(F)c1C. The molecule has 0 unspecified atom stereocenters. The summed E-state index contributed by atoms with van der Waals surface area (Å²) in [4.78, 5) is 0. The number of aryl methyl sites for hydroxylation is 1. The largest absolute Gasteiger partial charge is 0.316 e. The van der Waals surface area contributed by atoms with E-state index in [0.29, 0.717) is 16.6 Å². The summed E-state index contributed by atoms with van der Waals surface area (Å²) in [5.74, 6) is -0.148. The molecule has 0 bridgehead atoms. The van der Waals surface area contributed by atoms with E-state index >= 15 is 0 Å². The fraction of sp³-hybridized carbons (Fsp3) is 0.400. The van der Waals surface area contributed by atoms with Crippen molar-refractivity contribution in [1.29, 1.82) is 0 Å². The van der Waals surface area contributed by atoms with Crippen molar-refractivity contribution < 1.29 is 4.39 Å². The lowest BCUT2D eigenvalue weighted by Crippen LogP contribution is -2.08. The van der Waals surface area contributed by atoms with Crippen molar-refractivity contribution in [2.75, 3.05) is 7.05 Å². The average molecular weight is 246 g/mol. The van der Waals surface area contributed by atoms with Crippen LogP contribution in [-0.4, -0.2) is 7.05 Å². The van der Waals surface area contributed by atoms with Crippen molar-refractivity contribution in [3.05, 3.63) is 33.0 Å². The predicted octanol–water partition coefficient (Wildman–Crippen LogP) is 2.92. The fourth-order valence-corrected chi connectivity index (χ4v) is 1.70. The van der Waals surface area contributed by atoms with Gasteiger partial charge >= 0.3 is 0 Å². The third-order valence-electron chi connectivity index (χ3n) is 2.11. The lowest BCUT2D eigenvalue weighted by Gasteiger charge is -2.10. The molecular weight excluding hydrogens is 233 g/mol. The van der Waals surface area contributed by atoms with E-state index in [1.807, 2.05) is 20.0 Å². The van der Waals surface area contributed by atoms with E-state index < -0.39 is 0 Å². The summed E-state index contributed by atoms with van der Waals surface area (Å²) in [7, 11) is 1.86. The molecule has 72 valence electrons. The molecule has 0 heterocycles. The van der Waals surface area contributed by atoms with Crippen LogP contribution < -0.4 is 5.32 Å². The number of hydrogen-bond donors (Lipinski definition) is 1. The van der Waals surface area contributed by atoms with Crippen molar-refractivity contribution in [2.24, 2.45) is 0 Å².